The molecule has 44 heavy (non-hydrogen) atoms. The predicted octanol–water partition coefficient (Wildman–Crippen LogP) is 5.10. The second-order valence-corrected chi connectivity index (χ2v) is 12.9. The van der Waals surface area contributed by atoms with E-state index in [-0.39, 0.29) is 49.0 Å². The summed E-state index contributed by atoms with van der Waals surface area (Å²) in [5, 5.41) is 2.85. The highest BCUT2D eigenvalue weighted by Gasteiger charge is 2.46. The van der Waals surface area contributed by atoms with Gasteiger partial charge in [-0.05, 0) is 72.6 Å². The SMILES string of the molecule is CCC(=O)NCCN1C(=O)[C@](C)(c2ccccc2)Oc2ccc(C(=O)N(C(C)C)[C@@H]3CCCN(C(=O)OC(C)(C)C)C3)cc21. The first-order valence-electron chi connectivity index (χ1n) is 15.5. The molecule has 10 nitrogen and oxygen atoms in total. The van der Waals surface area contributed by atoms with Crippen molar-refractivity contribution in [2.24, 2.45) is 0 Å². The molecular weight excluding hydrogens is 560 g/mol. The molecule has 0 unspecified atom stereocenters. The maximum atomic E-state index is 14.1. The molecule has 0 aliphatic carbocycles. The van der Waals surface area contributed by atoms with Crippen LogP contribution in [-0.4, -0.2) is 77.5 Å². The van der Waals surface area contributed by atoms with Crippen molar-refractivity contribution >= 4 is 29.5 Å². The zero-order chi connectivity index (χ0) is 32.2. The van der Waals surface area contributed by atoms with E-state index in [1.807, 2.05) is 69.9 Å². The van der Waals surface area contributed by atoms with Gasteiger partial charge in [-0.3, -0.25) is 14.4 Å². The van der Waals surface area contributed by atoms with Crippen molar-refractivity contribution in [2.45, 2.75) is 91.0 Å². The lowest BCUT2D eigenvalue weighted by Crippen LogP contribution is -2.55. The average molecular weight is 607 g/mol. The molecule has 2 aliphatic heterocycles. The first-order valence-corrected chi connectivity index (χ1v) is 15.5. The van der Waals surface area contributed by atoms with Crippen molar-refractivity contribution in [3.8, 4) is 5.75 Å². The normalized spacial score (nSPS) is 20.1. The highest BCUT2D eigenvalue weighted by Crippen LogP contribution is 2.43. The van der Waals surface area contributed by atoms with Crippen LogP contribution in [0, 0.1) is 0 Å². The molecule has 1 N–H and O–H groups in total. The molecule has 4 rings (SSSR count). The summed E-state index contributed by atoms with van der Waals surface area (Å²) in [6.07, 6.45) is 1.47. The van der Waals surface area contributed by atoms with Crippen molar-refractivity contribution < 1.29 is 28.7 Å². The molecule has 1 fully saturated rings. The number of ether oxygens (including phenoxy) is 2. The number of nitrogens with zero attached hydrogens (tertiary/aromatic N) is 3. The van der Waals surface area contributed by atoms with Crippen molar-refractivity contribution in [3.05, 3.63) is 59.7 Å². The van der Waals surface area contributed by atoms with E-state index in [1.54, 1.807) is 41.8 Å². The fourth-order valence-corrected chi connectivity index (χ4v) is 5.82. The molecule has 238 valence electrons. The molecule has 2 atom stereocenters. The van der Waals surface area contributed by atoms with Crippen LogP contribution in [0.25, 0.3) is 0 Å². The Morgan fingerprint density at radius 2 is 1.84 bits per heavy atom. The van der Waals surface area contributed by atoms with Gasteiger partial charge in [-0.2, -0.15) is 0 Å². The topological polar surface area (TPSA) is 108 Å². The summed E-state index contributed by atoms with van der Waals surface area (Å²) in [6, 6.07) is 14.1. The molecule has 0 radical (unpaired) electrons. The van der Waals surface area contributed by atoms with Gasteiger partial charge in [0.15, 0.2) is 0 Å². The van der Waals surface area contributed by atoms with Gasteiger partial charge >= 0.3 is 6.09 Å². The number of hydrogen-bond acceptors (Lipinski definition) is 6. The van der Waals surface area contributed by atoms with Gasteiger partial charge in [0, 0.05) is 49.8 Å². The third kappa shape index (κ3) is 7.17. The van der Waals surface area contributed by atoms with Crippen LogP contribution in [0.5, 0.6) is 5.75 Å². The summed E-state index contributed by atoms with van der Waals surface area (Å²) in [5.41, 5.74) is -0.304. The van der Waals surface area contributed by atoms with E-state index in [4.69, 9.17) is 9.47 Å². The number of benzene rings is 2. The number of anilines is 1. The molecule has 1 saturated heterocycles. The van der Waals surface area contributed by atoms with Crippen LogP contribution in [0.4, 0.5) is 10.5 Å². The number of fused-ring (bicyclic) bond motifs is 1. The summed E-state index contributed by atoms with van der Waals surface area (Å²) >= 11 is 0. The maximum absolute atomic E-state index is 14.1. The Morgan fingerprint density at radius 3 is 2.48 bits per heavy atom. The van der Waals surface area contributed by atoms with E-state index in [9.17, 15) is 19.2 Å². The Kier molecular flexibility index (Phi) is 9.91. The molecular formula is C34H46N4O6. The van der Waals surface area contributed by atoms with Crippen LogP contribution in [0.2, 0.25) is 0 Å². The van der Waals surface area contributed by atoms with Gasteiger partial charge in [0.25, 0.3) is 11.8 Å². The second kappa shape index (κ2) is 13.3. The Morgan fingerprint density at radius 1 is 1.14 bits per heavy atom. The van der Waals surface area contributed by atoms with E-state index < -0.39 is 11.2 Å². The summed E-state index contributed by atoms with van der Waals surface area (Å²) in [4.78, 5) is 58.1. The zero-order valence-corrected chi connectivity index (χ0v) is 27.0. The molecule has 2 aromatic rings. The molecule has 2 heterocycles. The number of carbonyl (C=O) groups is 4. The van der Waals surface area contributed by atoms with Crippen molar-refractivity contribution in [1.82, 2.24) is 15.1 Å². The number of amides is 4. The van der Waals surface area contributed by atoms with Gasteiger partial charge in [-0.1, -0.05) is 37.3 Å². The molecule has 0 aromatic heterocycles. The van der Waals surface area contributed by atoms with Crippen molar-refractivity contribution in [1.29, 1.82) is 0 Å². The number of hydrogen-bond donors (Lipinski definition) is 1. The predicted molar refractivity (Wildman–Crippen MR) is 169 cm³/mol. The Bertz CT molecular complexity index is 1370. The van der Waals surface area contributed by atoms with Crippen LogP contribution in [0.15, 0.2) is 48.5 Å². The first-order chi connectivity index (χ1) is 20.7. The number of rotatable bonds is 8. The second-order valence-electron chi connectivity index (χ2n) is 12.9. The first kappa shape index (κ1) is 32.8. The lowest BCUT2D eigenvalue weighted by atomic mass is 9.91. The van der Waals surface area contributed by atoms with E-state index >= 15 is 0 Å². The lowest BCUT2D eigenvalue weighted by molar-refractivity contribution is -0.135. The third-order valence-electron chi connectivity index (χ3n) is 8.00. The summed E-state index contributed by atoms with van der Waals surface area (Å²) in [6.45, 7) is 14.4. The van der Waals surface area contributed by atoms with Crippen LogP contribution < -0.4 is 15.0 Å². The van der Waals surface area contributed by atoms with Crippen molar-refractivity contribution in [3.63, 3.8) is 0 Å². The molecule has 0 bridgehead atoms. The number of carbonyl (C=O) groups excluding carboxylic acids is 4. The van der Waals surface area contributed by atoms with Gasteiger partial charge in [-0.15, -0.1) is 0 Å². The molecule has 2 aromatic carbocycles. The van der Waals surface area contributed by atoms with Gasteiger partial charge < -0.3 is 29.5 Å². The Hall–Kier alpha value is -4.08. The third-order valence-corrected chi connectivity index (χ3v) is 8.00. The van der Waals surface area contributed by atoms with Crippen LogP contribution in [0.1, 0.15) is 83.7 Å². The van der Waals surface area contributed by atoms with Crippen LogP contribution >= 0.6 is 0 Å². The highest BCUT2D eigenvalue weighted by atomic mass is 16.6. The standard InChI is InChI=1S/C34H46N4O6/c1-8-29(39)35-18-20-37-27-21-24(16-17-28(27)43-34(7,31(37)41)25-13-10-9-11-14-25)30(40)38(23(2)3)26-15-12-19-36(22-26)32(42)44-33(4,5)6/h9-11,13-14,16-17,21,23,26H,8,12,15,18-20,22H2,1-7H3,(H,35,39)/t26-,34+/m1/s1. The number of piperidine rings is 1. The van der Waals surface area contributed by atoms with E-state index in [0.29, 0.717) is 42.1 Å². The highest BCUT2D eigenvalue weighted by molar-refractivity contribution is 6.05. The smallest absolute Gasteiger partial charge is 0.410 e. The minimum absolute atomic E-state index is 0.110. The van der Waals surface area contributed by atoms with Gasteiger partial charge in [0.05, 0.1) is 11.7 Å². The largest absolute Gasteiger partial charge is 0.471 e. The lowest BCUT2D eigenvalue weighted by Gasteiger charge is -2.42. The molecule has 0 saturated carbocycles. The van der Waals surface area contributed by atoms with Gasteiger partial charge in [0.1, 0.15) is 11.4 Å². The molecule has 4 amide bonds. The summed E-state index contributed by atoms with van der Waals surface area (Å²) in [5.74, 6) is -0.116. The van der Waals surface area contributed by atoms with Crippen LogP contribution in [0.3, 0.4) is 0 Å². The van der Waals surface area contributed by atoms with E-state index in [1.165, 1.54) is 0 Å². The monoisotopic (exact) mass is 606 g/mol. The van der Waals surface area contributed by atoms with Crippen LogP contribution in [-0.2, 0) is 19.9 Å². The van der Waals surface area contributed by atoms with E-state index in [2.05, 4.69) is 5.32 Å². The van der Waals surface area contributed by atoms with Gasteiger partial charge in [-0.25, -0.2) is 4.79 Å². The molecule has 0 spiro atoms. The number of likely N-dealkylation sites (tertiary alicyclic amines) is 1. The minimum atomic E-state index is -1.29. The quantitative estimate of drug-likeness (QED) is 0.448. The fourth-order valence-electron chi connectivity index (χ4n) is 5.82. The molecule has 10 heteroatoms. The Labute approximate surface area is 260 Å². The van der Waals surface area contributed by atoms with Gasteiger partial charge in [0.2, 0.25) is 11.5 Å². The summed E-state index contributed by atoms with van der Waals surface area (Å²) < 4.78 is 12.0. The Balaban J connectivity index is 1.65. The average Bonchev–Trinajstić information content (AvgIpc) is 2.98. The van der Waals surface area contributed by atoms with Crippen molar-refractivity contribution in [2.75, 3.05) is 31.1 Å². The van der Waals surface area contributed by atoms with E-state index in [0.717, 1.165) is 12.8 Å². The zero-order valence-electron chi connectivity index (χ0n) is 27.0. The fraction of sp³-hybridized carbons (Fsp3) is 0.529. The maximum Gasteiger partial charge on any atom is 0.410 e. The summed E-state index contributed by atoms with van der Waals surface area (Å²) in [7, 11) is 0. The minimum Gasteiger partial charge on any atom is -0.471 e. The molecule has 2 aliphatic rings. The number of nitrogens with one attached hydrogen (secondary N) is 1.